The number of amides is 1. The van der Waals surface area contributed by atoms with Crippen LogP contribution in [0.5, 0.6) is 0 Å². The molecule has 0 spiro atoms. The Kier molecular flexibility index (Phi) is 6.79. The minimum absolute atomic E-state index is 0.0695. The number of carboxylic acid groups (broad SMARTS) is 1. The molecule has 0 bridgehead atoms. The second kappa shape index (κ2) is 9.25. The number of halogens is 6. The molecule has 1 aliphatic heterocycles. The van der Waals surface area contributed by atoms with Gasteiger partial charge in [0.15, 0.2) is 0 Å². The van der Waals surface area contributed by atoms with Crippen molar-refractivity contribution in [3.8, 4) is 11.1 Å². The summed E-state index contributed by atoms with van der Waals surface area (Å²) in [5.74, 6) is -1.88. The van der Waals surface area contributed by atoms with Crippen LogP contribution in [0, 0.1) is 5.92 Å². The van der Waals surface area contributed by atoms with E-state index in [1.807, 2.05) is 0 Å². The first kappa shape index (κ1) is 25.7. The highest BCUT2D eigenvalue weighted by molar-refractivity contribution is 8.26. The van der Waals surface area contributed by atoms with Gasteiger partial charge in [-0.2, -0.15) is 26.3 Å². The number of hydrogen-bond donors (Lipinski definition) is 1. The molecule has 186 valence electrons. The minimum atomic E-state index is -4.96. The molecule has 1 N–H and O–H groups in total. The van der Waals surface area contributed by atoms with E-state index in [-0.39, 0.29) is 38.9 Å². The van der Waals surface area contributed by atoms with Crippen LogP contribution in [0.1, 0.15) is 35.3 Å². The zero-order valence-electron chi connectivity index (χ0n) is 17.4. The van der Waals surface area contributed by atoms with Gasteiger partial charge < -0.3 is 5.11 Å². The van der Waals surface area contributed by atoms with Gasteiger partial charge in [0.2, 0.25) is 0 Å². The van der Waals surface area contributed by atoms with Gasteiger partial charge in [0.25, 0.3) is 5.91 Å². The van der Waals surface area contributed by atoms with Crippen LogP contribution in [0.3, 0.4) is 0 Å². The zero-order chi connectivity index (χ0) is 25.7. The summed E-state index contributed by atoms with van der Waals surface area (Å²) >= 11 is 7.38. The van der Waals surface area contributed by atoms with Gasteiger partial charge >= 0.3 is 18.3 Å². The predicted molar refractivity (Wildman–Crippen MR) is 124 cm³/mol. The summed E-state index contributed by atoms with van der Waals surface area (Å²) in [4.78, 5) is 26.2. The highest BCUT2D eigenvalue weighted by Gasteiger charge is 2.42. The van der Waals surface area contributed by atoms with E-state index in [1.165, 1.54) is 22.4 Å². The van der Waals surface area contributed by atoms with Crippen molar-refractivity contribution in [2.45, 2.75) is 37.7 Å². The van der Waals surface area contributed by atoms with Gasteiger partial charge in [0.1, 0.15) is 4.32 Å². The summed E-state index contributed by atoms with van der Waals surface area (Å²) in [6, 6.07) is 2.45. The van der Waals surface area contributed by atoms with E-state index in [4.69, 9.17) is 12.2 Å². The third kappa shape index (κ3) is 5.41. The molecule has 2 heterocycles. The maximum atomic E-state index is 13.2. The fourth-order valence-corrected chi connectivity index (χ4v) is 6.36. The average Bonchev–Trinajstić information content (AvgIpc) is 3.47. The third-order valence-electron chi connectivity index (χ3n) is 5.76. The van der Waals surface area contributed by atoms with Crippen LogP contribution in [0.25, 0.3) is 17.2 Å². The number of thiocarbonyl (C=S) groups is 1. The molecular weight excluding hydrogens is 536 g/mol. The maximum Gasteiger partial charge on any atom is 0.416 e. The van der Waals surface area contributed by atoms with Crippen LogP contribution in [-0.2, 0) is 21.9 Å². The minimum Gasteiger partial charge on any atom is -0.481 e. The molecule has 1 aliphatic carbocycles. The normalized spacial score (nSPS) is 22.5. The van der Waals surface area contributed by atoms with Crippen LogP contribution in [-0.4, -0.2) is 32.2 Å². The van der Waals surface area contributed by atoms with E-state index >= 15 is 0 Å². The van der Waals surface area contributed by atoms with Crippen molar-refractivity contribution < 1.29 is 41.0 Å². The summed E-state index contributed by atoms with van der Waals surface area (Å²) in [6.07, 6.45) is -7.21. The Morgan fingerprint density at radius 2 is 1.66 bits per heavy atom. The second-order valence-electron chi connectivity index (χ2n) is 8.09. The van der Waals surface area contributed by atoms with Crippen LogP contribution in [0.15, 0.2) is 34.6 Å². The Balaban J connectivity index is 1.60. The van der Waals surface area contributed by atoms with Gasteiger partial charge in [-0.25, -0.2) is 0 Å². The molecule has 4 nitrogen and oxygen atoms in total. The first-order valence-corrected chi connectivity index (χ1v) is 12.2. The molecule has 1 aromatic carbocycles. The molecule has 35 heavy (non-hydrogen) atoms. The number of carbonyl (C=O) groups is 2. The largest absolute Gasteiger partial charge is 0.481 e. The standard InChI is InChI=1S/C22H15F6NO3S3/c23-21(24,25)13-3-11(4-14(7-13)22(26,27)28)12-6-16(34-9-12)8-17-18(30)29(20(33)35-17)15-2-1-10(5-15)19(31)32/h3-4,6-10,15H,1-2,5H2,(H,31,32)/b17-8-/t10-,15+/m1/s1. The lowest BCUT2D eigenvalue weighted by atomic mass is 10.0. The predicted octanol–water partition coefficient (Wildman–Crippen LogP) is 6.91. The molecule has 1 saturated heterocycles. The monoisotopic (exact) mass is 551 g/mol. The van der Waals surface area contributed by atoms with Crippen molar-refractivity contribution in [1.82, 2.24) is 4.90 Å². The van der Waals surface area contributed by atoms with Crippen molar-refractivity contribution in [2.24, 2.45) is 5.92 Å². The summed E-state index contributed by atoms with van der Waals surface area (Å²) in [5, 5.41) is 10.6. The summed E-state index contributed by atoms with van der Waals surface area (Å²) in [7, 11) is 0. The van der Waals surface area contributed by atoms with Crippen LogP contribution >= 0.6 is 35.3 Å². The van der Waals surface area contributed by atoms with Gasteiger partial charge in [-0.3, -0.25) is 14.5 Å². The third-order valence-corrected chi connectivity index (χ3v) is 7.97. The SMILES string of the molecule is O=C(O)[C@@H]1CC[C@H](N2C(=O)/C(=C/c3cc(-c4cc(C(F)(F)F)cc(C(F)(F)F)c4)cs3)SC2=S)C1. The molecule has 2 atom stereocenters. The first-order valence-electron chi connectivity index (χ1n) is 10.1. The van der Waals surface area contributed by atoms with E-state index in [1.54, 1.807) is 0 Å². The first-order chi connectivity index (χ1) is 16.2. The Morgan fingerprint density at radius 3 is 2.20 bits per heavy atom. The molecule has 2 aromatic rings. The Morgan fingerprint density at radius 1 is 1.03 bits per heavy atom. The molecule has 13 heteroatoms. The highest BCUT2D eigenvalue weighted by atomic mass is 32.2. The number of carbonyl (C=O) groups excluding carboxylic acids is 1. The number of thioether (sulfide) groups is 1. The number of aliphatic carboxylic acids is 1. The molecule has 2 aliphatic rings. The summed E-state index contributed by atoms with van der Waals surface area (Å²) in [5.41, 5.74) is -2.92. The molecule has 2 fully saturated rings. The molecule has 1 saturated carbocycles. The van der Waals surface area contributed by atoms with Crippen molar-refractivity contribution in [1.29, 1.82) is 0 Å². The summed E-state index contributed by atoms with van der Waals surface area (Å²) in [6.45, 7) is 0. The van der Waals surface area contributed by atoms with Gasteiger partial charge in [-0.15, -0.1) is 11.3 Å². The number of rotatable bonds is 4. The molecule has 1 aromatic heterocycles. The van der Waals surface area contributed by atoms with Crippen LogP contribution < -0.4 is 0 Å². The number of carboxylic acids is 1. The van der Waals surface area contributed by atoms with Crippen molar-refractivity contribution in [3.05, 3.63) is 50.6 Å². The number of nitrogens with zero attached hydrogens (tertiary/aromatic N) is 1. The highest BCUT2D eigenvalue weighted by Crippen LogP contribution is 2.42. The number of alkyl halides is 6. The maximum absolute atomic E-state index is 13.2. The molecule has 4 rings (SSSR count). The lowest BCUT2D eigenvalue weighted by molar-refractivity contribution is -0.143. The summed E-state index contributed by atoms with van der Waals surface area (Å²) < 4.78 is 79.3. The quantitative estimate of drug-likeness (QED) is 0.254. The number of hydrogen-bond acceptors (Lipinski definition) is 5. The number of thiophene rings is 1. The fourth-order valence-electron chi connectivity index (χ4n) is 4.04. The van der Waals surface area contributed by atoms with Crippen molar-refractivity contribution in [2.75, 3.05) is 0 Å². The molecule has 0 radical (unpaired) electrons. The van der Waals surface area contributed by atoms with Gasteiger partial charge in [-0.05, 0) is 66.1 Å². The van der Waals surface area contributed by atoms with E-state index in [0.717, 1.165) is 23.1 Å². The smallest absolute Gasteiger partial charge is 0.416 e. The lowest BCUT2D eigenvalue weighted by Gasteiger charge is -2.22. The van der Waals surface area contributed by atoms with Gasteiger partial charge in [0.05, 0.1) is 21.9 Å². The van der Waals surface area contributed by atoms with E-state index in [2.05, 4.69) is 0 Å². The molecule has 1 amide bonds. The van der Waals surface area contributed by atoms with E-state index < -0.39 is 41.3 Å². The fraction of sp³-hybridized carbons (Fsp3) is 0.318. The average molecular weight is 552 g/mol. The Bertz CT molecular complexity index is 1200. The second-order valence-corrected chi connectivity index (χ2v) is 10.7. The van der Waals surface area contributed by atoms with Crippen LogP contribution in [0.4, 0.5) is 26.3 Å². The molecular formula is C22H15F6NO3S3. The number of benzene rings is 1. The van der Waals surface area contributed by atoms with E-state index in [9.17, 15) is 41.0 Å². The van der Waals surface area contributed by atoms with Gasteiger partial charge in [0, 0.05) is 10.9 Å². The van der Waals surface area contributed by atoms with Crippen molar-refractivity contribution in [3.63, 3.8) is 0 Å². The Hall–Kier alpha value is -2.38. The molecule has 0 unspecified atom stereocenters. The van der Waals surface area contributed by atoms with E-state index in [0.29, 0.717) is 29.9 Å². The van der Waals surface area contributed by atoms with Crippen LogP contribution in [0.2, 0.25) is 0 Å². The van der Waals surface area contributed by atoms with Crippen molar-refractivity contribution >= 4 is 57.6 Å². The Labute approximate surface area is 208 Å². The zero-order valence-corrected chi connectivity index (χ0v) is 19.9. The lowest BCUT2D eigenvalue weighted by Crippen LogP contribution is -2.37. The topological polar surface area (TPSA) is 57.6 Å². The van der Waals surface area contributed by atoms with Gasteiger partial charge in [-0.1, -0.05) is 24.0 Å².